The Bertz CT molecular complexity index is 554. The SMILES string of the molecule is Cc1cc(C)c(-c2cc(O)cc(O)c2)cc1O. The zero-order valence-electron chi connectivity index (χ0n) is 9.73. The van der Waals surface area contributed by atoms with E-state index in [0.29, 0.717) is 5.56 Å². The van der Waals surface area contributed by atoms with Crippen LogP contribution in [0.4, 0.5) is 0 Å². The van der Waals surface area contributed by atoms with Crippen molar-refractivity contribution >= 4 is 0 Å². The molecular formula is C14H14O3. The second-order valence-electron chi connectivity index (χ2n) is 4.19. The largest absolute Gasteiger partial charge is 0.508 e. The van der Waals surface area contributed by atoms with E-state index in [1.165, 1.54) is 6.07 Å². The van der Waals surface area contributed by atoms with Crippen LogP contribution in [0.25, 0.3) is 11.1 Å². The number of aryl methyl sites for hydroxylation is 2. The molecule has 3 nitrogen and oxygen atoms in total. The topological polar surface area (TPSA) is 60.7 Å². The summed E-state index contributed by atoms with van der Waals surface area (Å²) in [5.41, 5.74) is 3.25. The molecule has 0 heterocycles. The highest BCUT2D eigenvalue weighted by Crippen LogP contribution is 2.33. The third-order valence-corrected chi connectivity index (χ3v) is 2.76. The number of benzene rings is 2. The van der Waals surface area contributed by atoms with Gasteiger partial charge in [-0.3, -0.25) is 0 Å². The van der Waals surface area contributed by atoms with Crippen molar-refractivity contribution in [1.29, 1.82) is 0 Å². The van der Waals surface area contributed by atoms with Gasteiger partial charge in [-0.05, 0) is 54.3 Å². The summed E-state index contributed by atoms with van der Waals surface area (Å²) in [5.74, 6) is 0.201. The molecule has 0 aliphatic heterocycles. The van der Waals surface area contributed by atoms with E-state index in [0.717, 1.165) is 16.7 Å². The average molecular weight is 230 g/mol. The van der Waals surface area contributed by atoms with Crippen LogP contribution in [0, 0.1) is 13.8 Å². The van der Waals surface area contributed by atoms with Gasteiger partial charge in [0.15, 0.2) is 0 Å². The van der Waals surface area contributed by atoms with Gasteiger partial charge in [-0.1, -0.05) is 6.07 Å². The Morgan fingerprint density at radius 1 is 0.706 bits per heavy atom. The van der Waals surface area contributed by atoms with Crippen molar-refractivity contribution in [1.82, 2.24) is 0 Å². The molecule has 17 heavy (non-hydrogen) atoms. The van der Waals surface area contributed by atoms with Crippen molar-refractivity contribution in [2.24, 2.45) is 0 Å². The van der Waals surface area contributed by atoms with Crippen molar-refractivity contribution < 1.29 is 15.3 Å². The van der Waals surface area contributed by atoms with E-state index in [1.54, 1.807) is 18.2 Å². The molecule has 0 fully saturated rings. The summed E-state index contributed by atoms with van der Waals surface area (Å²) in [6, 6.07) is 7.88. The first-order valence-electron chi connectivity index (χ1n) is 5.31. The summed E-state index contributed by atoms with van der Waals surface area (Å²) < 4.78 is 0. The minimum Gasteiger partial charge on any atom is -0.508 e. The summed E-state index contributed by atoms with van der Waals surface area (Å²) in [4.78, 5) is 0. The molecule has 0 unspecified atom stereocenters. The molecule has 3 heteroatoms. The van der Waals surface area contributed by atoms with Crippen LogP contribution in [0.1, 0.15) is 11.1 Å². The fourth-order valence-electron chi connectivity index (χ4n) is 1.90. The fraction of sp³-hybridized carbons (Fsp3) is 0.143. The first kappa shape index (κ1) is 11.3. The fourth-order valence-corrected chi connectivity index (χ4v) is 1.90. The molecule has 2 rings (SSSR count). The summed E-state index contributed by atoms with van der Waals surface area (Å²) >= 11 is 0. The molecular weight excluding hydrogens is 216 g/mol. The lowest BCUT2D eigenvalue weighted by Gasteiger charge is -2.10. The van der Waals surface area contributed by atoms with Gasteiger partial charge in [0, 0.05) is 6.07 Å². The van der Waals surface area contributed by atoms with E-state index >= 15 is 0 Å². The van der Waals surface area contributed by atoms with Gasteiger partial charge in [0.1, 0.15) is 17.2 Å². The first-order chi connectivity index (χ1) is 7.97. The van der Waals surface area contributed by atoms with Crippen LogP contribution in [0.2, 0.25) is 0 Å². The van der Waals surface area contributed by atoms with Crippen LogP contribution < -0.4 is 0 Å². The highest BCUT2D eigenvalue weighted by molar-refractivity contribution is 5.72. The van der Waals surface area contributed by atoms with Gasteiger partial charge in [-0.25, -0.2) is 0 Å². The van der Waals surface area contributed by atoms with Crippen LogP contribution in [-0.2, 0) is 0 Å². The van der Waals surface area contributed by atoms with Crippen molar-refractivity contribution in [3.63, 3.8) is 0 Å². The third kappa shape index (κ3) is 2.18. The van der Waals surface area contributed by atoms with E-state index in [1.807, 2.05) is 19.9 Å². The lowest BCUT2D eigenvalue weighted by atomic mass is 9.97. The molecule has 0 spiro atoms. The number of hydrogen-bond acceptors (Lipinski definition) is 3. The van der Waals surface area contributed by atoms with Gasteiger partial charge in [0.05, 0.1) is 0 Å². The summed E-state index contributed by atoms with van der Waals surface area (Å²) in [5, 5.41) is 28.6. The molecule has 2 aromatic rings. The van der Waals surface area contributed by atoms with Crippen LogP contribution in [-0.4, -0.2) is 15.3 Å². The second-order valence-corrected chi connectivity index (χ2v) is 4.19. The molecule has 3 N–H and O–H groups in total. The van der Waals surface area contributed by atoms with Crippen molar-refractivity contribution in [3.8, 4) is 28.4 Å². The minimum absolute atomic E-state index is 0.000496. The molecule has 0 amide bonds. The van der Waals surface area contributed by atoms with E-state index < -0.39 is 0 Å². The molecule has 0 radical (unpaired) electrons. The molecule has 0 aromatic heterocycles. The van der Waals surface area contributed by atoms with Crippen molar-refractivity contribution in [2.45, 2.75) is 13.8 Å². The van der Waals surface area contributed by atoms with E-state index in [2.05, 4.69) is 0 Å². The number of hydrogen-bond donors (Lipinski definition) is 3. The van der Waals surface area contributed by atoms with Crippen LogP contribution >= 0.6 is 0 Å². The van der Waals surface area contributed by atoms with E-state index in [-0.39, 0.29) is 17.2 Å². The maximum atomic E-state index is 9.70. The second kappa shape index (κ2) is 4.01. The summed E-state index contributed by atoms with van der Waals surface area (Å²) in [6.07, 6.45) is 0. The molecule has 0 aliphatic carbocycles. The molecule has 0 aliphatic rings. The standard InChI is InChI=1S/C14H14O3/c1-8-3-9(2)14(17)7-13(8)10-4-11(15)6-12(16)5-10/h3-7,15-17H,1-2H3. The van der Waals surface area contributed by atoms with Gasteiger partial charge in [-0.2, -0.15) is 0 Å². The molecule has 0 saturated heterocycles. The van der Waals surface area contributed by atoms with Gasteiger partial charge in [0.2, 0.25) is 0 Å². The molecule has 0 saturated carbocycles. The lowest BCUT2D eigenvalue weighted by Crippen LogP contribution is -1.86. The highest BCUT2D eigenvalue weighted by atomic mass is 16.3. The first-order valence-corrected chi connectivity index (χ1v) is 5.31. The zero-order chi connectivity index (χ0) is 12.6. The number of rotatable bonds is 1. The Hall–Kier alpha value is -2.16. The maximum Gasteiger partial charge on any atom is 0.119 e. The number of aromatic hydroxyl groups is 3. The number of phenols is 3. The lowest BCUT2D eigenvalue weighted by molar-refractivity contribution is 0.451. The average Bonchev–Trinajstić information content (AvgIpc) is 2.22. The summed E-state index contributed by atoms with van der Waals surface area (Å²) in [7, 11) is 0. The Balaban J connectivity index is 2.64. The third-order valence-electron chi connectivity index (χ3n) is 2.76. The smallest absolute Gasteiger partial charge is 0.119 e. The van der Waals surface area contributed by atoms with Crippen LogP contribution in [0.5, 0.6) is 17.2 Å². The summed E-state index contributed by atoms with van der Waals surface area (Å²) in [6.45, 7) is 3.74. The van der Waals surface area contributed by atoms with Crippen molar-refractivity contribution in [3.05, 3.63) is 41.5 Å². The van der Waals surface area contributed by atoms with E-state index in [9.17, 15) is 15.3 Å². The normalized spacial score (nSPS) is 10.5. The molecule has 0 bridgehead atoms. The molecule has 2 aromatic carbocycles. The monoisotopic (exact) mass is 230 g/mol. The maximum absolute atomic E-state index is 9.70. The molecule has 88 valence electrons. The Kier molecular flexibility index (Phi) is 2.68. The Morgan fingerprint density at radius 3 is 1.88 bits per heavy atom. The zero-order valence-corrected chi connectivity index (χ0v) is 9.73. The van der Waals surface area contributed by atoms with Gasteiger partial charge in [-0.15, -0.1) is 0 Å². The van der Waals surface area contributed by atoms with Crippen molar-refractivity contribution in [2.75, 3.05) is 0 Å². The quantitative estimate of drug-likeness (QED) is 0.705. The Labute approximate surface area is 99.6 Å². The van der Waals surface area contributed by atoms with Crippen LogP contribution in [0.15, 0.2) is 30.3 Å². The predicted octanol–water partition coefficient (Wildman–Crippen LogP) is 3.09. The predicted molar refractivity (Wildman–Crippen MR) is 66.3 cm³/mol. The highest BCUT2D eigenvalue weighted by Gasteiger charge is 2.08. The van der Waals surface area contributed by atoms with E-state index in [4.69, 9.17) is 0 Å². The Morgan fingerprint density at radius 2 is 1.29 bits per heavy atom. The number of phenolic OH excluding ortho intramolecular Hbond substituents is 3. The van der Waals surface area contributed by atoms with Gasteiger partial charge < -0.3 is 15.3 Å². The van der Waals surface area contributed by atoms with Gasteiger partial charge >= 0.3 is 0 Å². The molecule has 0 atom stereocenters. The minimum atomic E-state index is -0.000496. The van der Waals surface area contributed by atoms with Gasteiger partial charge in [0.25, 0.3) is 0 Å². The van der Waals surface area contributed by atoms with Crippen LogP contribution in [0.3, 0.4) is 0 Å².